The molecule has 0 unspecified atom stereocenters. The van der Waals surface area contributed by atoms with Gasteiger partial charge in [-0.05, 0) is 40.5 Å². The van der Waals surface area contributed by atoms with Crippen LogP contribution in [0.5, 0.6) is 0 Å². The number of aryl methyl sites for hydroxylation is 1. The highest BCUT2D eigenvalue weighted by Gasteiger charge is 2.14. The molecule has 108 valence electrons. The van der Waals surface area contributed by atoms with E-state index in [1.165, 1.54) is 0 Å². The van der Waals surface area contributed by atoms with Crippen molar-refractivity contribution < 1.29 is 4.79 Å². The number of carbonyl (C=O) groups excluding carboxylic acids is 1. The summed E-state index contributed by atoms with van der Waals surface area (Å²) in [5.74, 6) is 0.377. The first-order valence-electron chi connectivity index (χ1n) is 6.79. The molecule has 0 aliphatic rings. The highest BCUT2D eigenvalue weighted by atomic mass is 79.9. The smallest absolute Gasteiger partial charge is 0.274 e. The summed E-state index contributed by atoms with van der Waals surface area (Å²) in [6, 6.07) is 9.62. The topological polar surface area (TPSA) is 62.7 Å². The van der Waals surface area contributed by atoms with Crippen molar-refractivity contribution >= 4 is 38.8 Å². The number of H-pyrrole nitrogens is 1. The van der Waals surface area contributed by atoms with Crippen molar-refractivity contribution in [3.05, 3.63) is 46.7 Å². The molecular weight excluding hydrogens is 332 g/mol. The third-order valence-corrected chi connectivity index (χ3v) is 3.68. The molecule has 2 heterocycles. The average Bonchev–Trinajstić information content (AvgIpc) is 3.04. The van der Waals surface area contributed by atoms with Crippen molar-refractivity contribution in [3.63, 3.8) is 0 Å². The minimum absolute atomic E-state index is 0.201. The van der Waals surface area contributed by atoms with E-state index in [0.29, 0.717) is 11.6 Å². The van der Waals surface area contributed by atoms with Crippen LogP contribution in [0.2, 0.25) is 0 Å². The van der Waals surface area contributed by atoms with Gasteiger partial charge in [0.2, 0.25) is 5.95 Å². The van der Waals surface area contributed by atoms with Gasteiger partial charge in [-0.25, -0.2) is 4.98 Å². The predicted octanol–water partition coefficient (Wildman–Crippen LogP) is 3.79. The van der Waals surface area contributed by atoms with Crippen LogP contribution >= 0.6 is 15.9 Å². The van der Waals surface area contributed by atoms with Crippen LogP contribution in [0.1, 0.15) is 23.8 Å². The van der Waals surface area contributed by atoms with Crippen LogP contribution in [0.15, 0.2) is 41.0 Å². The molecule has 0 aliphatic carbocycles. The number of aromatic nitrogens is 3. The molecule has 0 fully saturated rings. The molecule has 2 N–H and O–H groups in total. The highest BCUT2D eigenvalue weighted by molar-refractivity contribution is 9.10. The molecule has 1 amide bonds. The van der Waals surface area contributed by atoms with Gasteiger partial charge in [0.15, 0.2) is 0 Å². The number of imidazole rings is 1. The van der Waals surface area contributed by atoms with Crippen LogP contribution < -0.4 is 5.32 Å². The number of nitrogens with one attached hydrogen (secondary N) is 2. The third-order valence-electron chi connectivity index (χ3n) is 3.22. The number of fused-ring (bicyclic) bond motifs is 1. The number of rotatable bonds is 4. The lowest BCUT2D eigenvalue weighted by Crippen LogP contribution is -2.16. The van der Waals surface area contributed by atoms with Gasteiger partial charge in [-0.15, -0.1) is 0 Å². The maximum Gasteiger partial charge on any atom is 0.274 e. The standard InChI is InChI=1S/C15H15BrN4O/c1-2-7-20-13-6-4-3-5-11(13)18-15(20)19-14(21)12-8-10(16)9-17-12/h3-6,8-9,17H,2,7H2,1H3,(H,18,19,21). The summed E-state index contributed by atoms with van der Waals surface area (Å²) in [5, 5.41) is 2.88. The number of hydrogen-bond acceptors (Lipinski definition) is 2. The first-order chi connectivity index (χ1) is 10.2. The minimum Gasteiger partial charge on any atom is -0.356 e. The van der Waals surface area contributed by atoms with E-state index in [4.69, 9.17) is 0 Å². The molecule has 3 aromatic rings. The number of halogens is 1. The van der Waals surface area contributed by atoms with Crippen molar-refractivity contribution in [2.75, 3.05) is 5.32 Å². The minimum atomic E-state index is -0.201. The lowest BCUT2D eigenvalue weighted by molar-refractivity contribution is 0.102. The number of aromatic amines is 1. The number of anilines is 1. The molecule has 5 nitrogen and oxygen atoms in total. The van der Waals surface area contributed by atoms with Crippen LogP contribution in [0.4, 0.5) is 5.95 Å². The Balaban J connectivity index is 1.96. The first-order valence-corrected chi connectivity index (χ1v) is 7.59. The van der Waals surface area contributed by atoms with Gasteiger partial charge in [0.05, 0.1) is 11.0 Å². The van der Waals surface area contributed by atoms with Gasteiger partial charge in [-0.3, -0.25) is 10.1 Å². The summed E-state index contributed by atoms with van der Waals surface area (Å²) in [6.07, 6.45) is 2.70. The van der Waals surface area contributed by atoms with Crippen molar-refractivity contribution in [2.24, 2.45) is 0 Å². The fraction of sp³-hybridized carbons (Fsp3) is 0.200. The second-order valence-corrected chi connectivity index (χ2v) is 5.68. The molecule has 0 radical (unpaired) electrons. The number of hydrogen-bond donors (Lipinski definition) is 2. The van der Waals surface area contributed by atoms with Crippen LogP contribution in [0, 0.1) is 0 Å². The van der Waals surface area contributed by atoms with Crippen LogP contribution in [-0.4, -0.2) is 20.4 Å². The van der Waals surface area contributed by atoms with E-state index in [-0.39, 0.29) is 5.91 Å². The zero-order valence-electron chi connectivity index (χ0n) is 11.6. The highest BCUT2D eigenvalue weighted by Crippen LogP contribution is 2.21. The Morgan fingerprint density at radius 1 is 1.43 bits per heavy atom. The molecule has 0 saturated heterocycles. The number of nitrogens with zero attached hydrogens (tertiary/aromatic N) is 2. The van der Waals surface area contributed by atoms with Gasteiger partial charge in [-0.1, -0.05) is 19.1 Å². The van der Waals surface area contributed by atoms with Crippen molar-refractivity contribution in [1.29, 1.82) is 0 Å². The van der Waals surface area contributed by atoms with Gasteiger partial charge >= 0.3 is 0 Å². The Bertz CT molecular complexity index is 790. The molecule has 2 aromatic heterocycles. The Morgan fingerprint density at radius 2 is 2.24 bits per heavy atom. The molecule has 0 bridgehead atoms. The van der Waals surface area contributed by atoms with Crippen molar-refractivity contribution in [2.45, 2.75) is 19.9 Å². The Kier molecular flexibility index (Phi) is 3.79. The van der Waals surface area contributed by atoms with E-state index in [9.17, 15) is 4.79 Å². The molecule has 1 aromatic carbocycles. The quantitative estimate of drug-likeness (QED) is 0.754. The summed E-state index contributed by atoms with van der Waals surface area (Å²) < 4.78 is 2.88. The molecular formula is C15H15BrN4O. The van der Waals surface area contributed by atoms with Crippen LogP contribution in [0.3, 0.4) is 0 Å². The van der Waals surface area contributed by atoms with Crippen molar-refractivity contribution in [3.8, 4) is 0 Å². The number of para-hydroxylation sites is 2. The largest absolute Gasteiger partial charge is 0.356 e. The number of carbonyl (C=O) groups is 1. The third kappa shape index (κ3) is 2.71. The fourth-order valence-corrected chi connectivity index (χ4v) is 2.63. The molecule has 0 aliphatic heterocycles. The fourth-order valence-electron chi connectivity index (χ4n) is 2.29. The SMILES string of the molecule is CCCn1c(NC(=O)c2cc(Br)c[nH]2)nc2ccccc21. The summed E-state index contributed by atoms with van der Waals surface area (Å²) in [5.41, 5.74) is 2.41. The maximum atomic E-state index is 12.2. The van der Waals surface area contributed by atoms with Crippen LogP contribution in [0.25, 0.3) is 11.0 Å². The summed E-state index contributed by atoms with van der Waals surface area (Å²) >= 11 is 3.32. The van der Waals surface area contributed by atoms with E-state index >= 15 is 0 Å². The molecule has 0 spiro atoms. The molecule has 6 heteroatoms. The van der Waals surface area contributed by atoms with Gasteiger partial charge in [0.1, 0.15) is 5.69 Å². The Hall–Kier alpha value is -2.08. The number of benzene rings is 1. The Labute approximate surface area is 130 Å². The maximum absolute atomic E-state index is 12.2. The molecule has 21 heavy (non-hydrogen) atoms. The summed E-state index contributed by atoms with van der Waals surface area (Å²) in [7, 11) is 0. The van der Waals surface area contributed by atoms with Crippen LogP contribution in [-0.2, 0) is 6.54 Å². The molecule has 0 atom stereocenters. The summed E-state index contributed by atoms with van der Waals surface area (Å²) in [4.78, 5) is 19.7. The van der Waals surface area contributed by atoms with Gasteiger partial charge < -0.3 is 9.55 Å². The van der Waals surface area contributed by atoms with Gasteiger partial charge in [0.25, 0.3) is 5.91 Å². The predicted molar refractivity (Wildman–Crippen MR) is 86.5 cm³/mol. The average molecular weight is 347 g/mol. The van der Waals surface area contributed by atoms with E-state index in [1.54, 1.807) is 12.3 Å². The second-order valence-electron chi connectivity index (χ2n) is 4.76. The monoisotopic (exact) mass is 346 g/mol. The Morgan fingerprint density at radius 3 is 2.95 bits per heavy atom. The van der Waals surface area contributed by atoms with Gasteiger partial charge in [0, 0.05) is 17.2 Å². The second kappa shape index (κ2) is 5.73. The van der Waals surface area contributed by atoms with Gasteiger partial charge in [-0.2, -0.15) is 0 Å². The van der Waals surface area contributed by atoms with E-state index in [2.05, 4.69) is 38.1 Å². The van der Waals surface area contributed by atoms with E-state index in [0.717, 1.165) is 28.5 Å². The lowest BCUT2D eigenvalue weighted by Gasteiger charge is -2.08. The summed E-state index contributed by atoms with van der Waals surface area (Å²) in [6.45, 7) is 2.91. The normalized spacial score (nSPS) is 11.0. The zero-order chi connectivity index (χ0) is 14.8. The van der Waals surface area contributed by atoms with Crippen molar-refractivity contribution in [1.82, 2.24) is 14.5 Å². The van der Waals surface area contributed by atoms with E-state index < -0.39 is 0 Å². The number of amides is 1. The molecule has 0 saturated carbocycles. The lowest BCUT2D eigenvalue weighted by atomic mass is 10.3. The zero-order valence-corrected chi connectivity index (χ0v) is 13.1. The first kappa shape index (κ1) is 13.9. The molecule has 3 rings (SSSR count). The van der Waals surface area contributed by atoms with E-state index in [1.807, 2.05) is 28.8 Å².